The zero-order valence-electron chi connectivity index (χ0n) is 19.5. The van der Waals surface area contributed by atoms with Gasteiger partial charge in [0.2, 0.25) is 5.91 Å². The van der Waals surface area contributed by atoms with Crippen molar-refractivity contribution < 1.29 is 14.4 Å². The number of aryl methyl sites for hydroxylation is 1. The van der Waals surface area contributed by atoms with E-state index in [-0.39, 0.29) is 24.4 Å². The lowest BCUT2D eigenvalue weighted by atomic mass is 9.80. The minimum Gasteiger partial charge on any atom is -0.351 e. The predicted octanol–water partition coefficient (Wildman–Crippen LogP) is 2.74. The summed E-state index contributed by atoms with van der Waals surface area (Å²) in [5.41, 5.74) is 8.76. The van der Waals surface area contributed by atoms with Crippen molar-refractivity contribution in [1.82, 2.24) is 15.5 Å². The second-order valence-corrected chi connectivity index (χ2v) is 9.39. The second kappa shape index (κ2) is 10.7. The molecule has 0 radical (unpaired) electrons. The monoisotopic (exact) mass is 463 g/mol. The van der Waals surface area contributed by atoms with Crippen LogP contribution in [0.25, 0.3) is 0 Å². The van der Waals surface area contributed by atoms with E-state index < -0.39 is 6.03 Å². The molecule has 1 aliphatic heterocycles. The van der Waals surface area contributed by atoms with E-state index >= 15 is 0 Å². The van der Waals surface area contributed by atoms with Crippen molar-refractivity contribution in [1.29, 1.82) is 0 Å². The topological polar surface area (TPSA) is 117 Å². The van der Waals surface area contributed by atoms with Crippen molar-refractivity contribution in [3.8, 4) is 0 Å². The minimum absolute atomic E-state index is 0.0118. The molecule has 34 heavy (non-hydrogen) atoms. The number of anilines is 1. The highest BCUT2D eigenvalue weighted by Gasteiger charge is 2.35. The Balaban J connectivity index is 1.14. The molecule has 2 aromatic rings. The SMILES string of the molecule is Cc1cccc(C(=O)NCC(=O)NC2CN(C3CCC(c4ccc(NC(N)=O)cc4)CC3)C2)c1. The van der Waals surface area contributed by atoms with Crippen molar-refractivity contribution in [2.24, 2.45) is 5.73 Å². The molecule has 0 aromatic heterocycles. The molecule has 1 saturated carbocycles. The molecule has 0 bridgehead atoms. The number of nitrogens with one attached hydrogen (secondary N) is 3. The van der Waals surface area contributed by atoms with Gasteiger partial charge in [0, 0.05) is 30.4 Å². The van der Waals surface area contributed by atoms with Crippen LogP contribution in [0.3, 0.4) is 0 Å². The van der Waals surface area contributed by atoms with Crippen LogP contribution in [-0.2, 0) is 4.79 Å². The second-order valence-electron chi connectivity index (χ2n) is 9.39. The number of nitrogens with zero attached hydrogens (tertiary/aromatic N) is 1. The summed E-state index contributed by atoms with van der Waals surface area (Å²) in [6.45, 7) is 3.64. The zero-order valence-corrected chi connectivity index (χ0v) is 19.5. The van der Waals surface area contributed by atoms with Crippen molar-refractivity contribution in [3.63, 3.8) is 0 Å². The predicted molar refractivity (Wildman–Crippen MR) is 132 cm³/mol. The zero-order chi connectivity index (χ0) is 24.1. The Morgan fingerprint density at radius 3 is 2.35 bits per heavy atom. The van der Waals surface area contributed by atoms with E-state index in [9.17, 15) is 14.4 Å². The molecule has 1 saturated heterocycles. The van der Waals surface area contributed by atoms with Gasteiger partial charge in [-0.05, 0) is 68.4 Å². The van der Waals surface area contributed by atoms with Crippen LogP contribution in [-0.4, -0.2) is 54.5 Å². The van der Waals surface area contributed by atoms with E-state index in [2.05, 4.69) is 33.0 Å². The fourth-order valence-corrected chi connectivity index (χ4v) is 4.98. The van der Waals surface area contributed by atoms with Gasteiger partial charge in [0.05, 0.1) is 12.6 Å². The Hall–Kier alpha value is -3.39. The number of likely N-dealkylation sites (tertiary alicyclic amines) is 1. The number of urea groups is 1. The van der Waals surface area contributed by atoms with Gasteiger partial charge in [-0.2, -0.15) is 0 Å². The van der Waals surface area contributed by atoms with Gasteiger partial charge >= 0.3 is 6.03 Å². The third-order valence-corrected chi connectivity index (χ3v) is 6.83. The number of carbonyl (C=O) groups excluding carboxylic acids is 3. The van der Waals surface area contributed by atoms with E-state index in [1.807, 2.05) is 37.3 Å². The Bertz CT molecular complexity index is 1020. The van der Waals surface area contributed by atoms with Crippen LogP contribution in [0.15, 0.2) is 48.5 Å². The highest BCUT2D eigenvalue weighted by atomic mass is 16.2. The number of carbonyl (C=O) groups is 3. The van der Waals surface area contributed by atoms with Gasteiger partial charge < -0.3 is 21.7 Å². The first-order chi connectivity index (χ1) is 16.4. The van der Waals surface area contributed by atoms with Crippen molar-refractivity contribution in [2.45, 2.75) is 50.6 Å². The summed E-state index contributed by atoms with van der Waals surface area (Å²) < 4.78 is 0. The molecule has 1 aliphatic carbocycles. The molecule has 4 amide bonds. The maximum absolute atomic E-state index is 12.2. The fourth-order valence-electron chi connectivity index (χ4n) is 4.98. The third kappa shape index (κ3) is 6.14. The molecule has 0 unspecified atom stereocenters. The van der Waals surface area contributed by atoms with Crippen LogP contribution < -0.4 is 21.7 Å². The maximum atomic E-state index is 12.2. The van der Waals surface area contributed by atoms with Crippen LogP contribution in [0.1, 0.15) is 53.1 Å². The number of hydrogen-bond acceptors (Lipinski definition) is 4. The van der Waals surface area contributed by atoms with Gasteiger partial charge in [-0.3, -0.25) is 14.5 Å². The van der Waals surface area contributed by atoms with Crippen molar-refractivity contribution >= 4 is 23.5 Å². The number of hydrogen-bond donors (Lipinski definition) is 4. The van der Waals surface area contributed by atoms with Gasteiger partial charge in [0.15, 0.2) is 0 Å². The van der Waals surface area contributed by atoms with Crippen LogP contribution >= 0.6 is 0 Å². The van der Waals surface area contributed by atoms with E-state index in [1.54, 1.807) is 6.07 Å². The molecule has 4 rings (SSSR count). The van der Waals surface area contributed by atoms with Gasteiger partial charge in [0.25, 0.3) is 5.91 Å². The molecule has 2 aliphatic rings. The molecule has 8 heteroatoms. The fraction of sp³-hybridized carbons (Fsp3) is 0.423. The number of primary amides is 1. The summed E-state index contributed by atoms with van der Waals surface area (Å²) in [4.78, 5) is 37.8. The molecule has 0 spiro atoms. The molecule has 180 valence electrons. The summed E-state index contributed by atoms with van der Waals surface area (Å²) in [6.07, 6.45) is 4.54. The quantitative estimate of drug-likeness (QED) is 0.505. The summed E-state index contributed by atoms with van der Waals surface area (Å²) >= 11 is 0. The van der Waals surface area contributed by atoms with Gasteiger partial charge in [-0.15, -0.1) is 0 Å². The van der Waals surface area contributed by atoms with Gasteiger partial charge in [-0.1, -0.05) is 29.8 Å². The first kappa shape index (κ1) is 23.8. The van der Waals surface area contributed by atoms with Crippen LogP contribution in [0, 0.1) is 6.92 Å². The molecule has 2 fully saturated rings. The molecule has 1 heterocycles. The highest BCUT2D eigenvalue weighted by molar-refractivity contribution is 5.96. The first-order valence-electron chi connectivity index (χ1n) is 11.9. The van der Waals surface area contributed by atoms with Gasteiger partial charge in [0.1, 0.15) is 0 Å². The third-order valence-electron chi connectivity index (χ3n) is 6.83. The molecule has 8 nitrogen and oxygen atoms in total. The highest BCUT2D eigenvalue weighted by Crippen LogP contribution is 2.36. The summed E-state index contributed by atoms with van der Waals surface area (Å²) in [5.74, 6) is 0.154. The number of nitrogens with two attached hydrogens (primary N) is 1. The van der Waals surface area contributed by atoms with Crippen LogP contribution in [0.5, 0.6) is 0 Å². The minimum atomic E-state index is -0.552. The number of benzene rings is 2. The molecule has 5 N–H and O–H groups in total. The Morgan fingerprint density at radius 1 is 1.00 bits per heavy atom. The van der Waals surface area contributed by atoms with E-state index in [0.717, 1.165) is 44.3 Å². The lowest BCUT2D eigenvalue weighted by molar-refractivity contribution is -0.122. The Kier molecular flexibility index (Phi) is 7.47. The summed E-state index contributed by atoms with van der Waals surface area (Å²) in [5, 5.41) is 8.31. The van der Waals surface area contributed by atoms with Crippen LogP contribution in [0.4, 0.5) is 10.5 Å². The lowest BCUT2D eigenvalue weighted by Crippen LogP contribution is -2.63. The first-order valence-corrected chi connectivity index (χ1v) is 11.9. The number of amides is 4. The maximum Gasteiger partial charge on any atom is 0.316 e. The average Bonchev–Trinajstić information content (AvgIpc) is 2.80. The number of rotatable bonds is 7. The Labute approximate surface area is 200 Å². The normalized spacial score (nSPS) is 20.7. The Morgan fingerprint density at radius 2 is 1.71 bits per heavy atom. The van der Waals surface area contributed by atoms with Gasteiger partial charge in [-0.25, -0.2) is 4.79 Å². The summed E-state index contributed by atoms with van der Waals surface area (Å²) in [7, 11) is 0. The average molecular weight is 464 g/mol. The van der Waals surface area contributed by atoms with Crippen LogP contribution in [0.2, 0.25) is 0 Å². The molecule has 0 atom stereocenters. The smallest absolute Gasteiger partial charge is 0.316 e. The van der Waals surface area contributed by atoms with E-state index in [0.29, 0.717) is 23.2 Å². The molecular formula is C26H33N5O3. The lowest BCUT2D eigenvalue weighted by Gasteiger charge is -2.46. The van der Waals surface area contributed by atoms with E-state index in [4.69, 9.17) is 5.73 Å². The largest absolute Gasteiger partial charge is 0.351 e. The summed E-state index contributed by atoms with van der Waals surface area (Å²) in [6, 6.07) is 15.4. The standard InChI is InChI=1S/C26H33N5O3/c1-17-3-2-4-20(13-17)25(33)28-14-24(32)29-22-15-31(16-22)23-11-7-19(8-12-23)18-5-9-21(10-6-18)30-26(27)34/h2-6,9-10,13,19,22-23H,7-8,11-12,14-16H2,1H3,(H,28,33)(H,29,32)(H3,27,30,34). The van der Waals surface area contributed by atoms with E-state index in [1.165, 1.54) is 5.56 Å². The molecular weight excluding hydrogens is 430 g/mol. The van der Waals surface area contributed by atoms with Crippen molar-refractivity contribution in [2.75, 3.05) is 25.0 Å². The molecule has 2 aromatic carbocycles. The van der Waals surface area contributed by atoms with Crippen molar-refractivity contribution in [3.05, 3.63) is 65.2 Å².